The quantitative estimate of drug-likeness (QED) is 0.839. The average Bonchev–Trinajstić information content (AvgIpc) is 2.28. The van der Waals surface area contributed by atoms with E-state index in [0.29, 0.717) is 0 Å². The highest BCUT2D eigenvalue weighted by Gasteiger charge is 2.00. The lowest BCUT2D eigenvalue weighted by Gasteiger charge is -2.09. The molecule has 0 bridgehead atoms. The van der Waals surface area contributed by atoms with Crippen LogP contribution in [0.1, 0.15) is 11.1 Å². The summed E-state index contributed by atoms with van der Waals surface area (Å²) in [4.78, 5) is 0. The highest BCUT2D eigenvalue weighted by atomic mass is 79.9. The zero-order valence-corrected chi connectivity index (χ0v) is 11.8. The third kappa shape index (κ3) is 3.48. The number of aryl methyl sites for hydroxylation is 1. The summed E-state index contributed by atoms with van der Waals surface area (Å²) in [5.74, 6) is 0. The smallest absolute Gasteiger partial charge is 0.0426 e. The Bertz CT molecular complexity index is 525. The van der Waals surface area contributed by atoms with Crippen LogP contribution in [0.15, 0.2) is 46.9 Å². The molecule has 0 atom stereocenters. The second-order valence-electron chi connectivity index (χ2n) is 3.96. The Labute approximate surface area is 115 Å². The van der Waals surface area contributed by atoms with Crippen molar-refractivity contribution in [2.45, 2.75) is 13.5 Å². The van der Waals surface area contributed by atoms with Crippen LogP contribution in [0.25, 0.3) is 0 Å². The van der Waals surface area contributed by atoms with E-state index >= 15 is 0 Å². The second-order valence-corrected chi connectivity index (χ2v) is 5.25. The van der Waals surface area contributed by atoms with Crippen LogP contribution in [-0.4, -0.2) is 0 Å². The average molecular weight is 311 g/mol. The summed E-state index contributed by atoms with van der Waals surface area (Å²) in [6, 6.07) is 14.1. The normalized spacial score (nSPS) is 10.3. The molecule has 17 heavy (non-hydrogen) atoms. The summed E-state index contributed by atoms with van der Waals surface area (Å²) in [7, 11) is 0. The van der Waals surface area contributed by atoms with Crippen LogP contribution in [0.4, 0.5) is 5.69 Å². The molecule has 0 spiro atoms. The summed E-state index contributed by atoms with van der Waals surface area (Å²) >= 11 is 9.50. The predicted octanol–water partition coefficient (Wildman–Crippen LogP) is 5.02. The van der Waals surface area contributed by atoms with Crippen molar-refractivity contribution in [2.24, 2.45) is 0 Å². The van der Waals surface area contributed by atoms with Crippen LogP contribution in [0.3, 0.4) is 0 Å². The van der Waals surface area contributed by atoms with Crippen molar-refractivity contribution in [3.8, 4) is 0 Å². The van der Waals surface area contributed by atoms with Crippen LogP contribution in [0, 0.1) is 6.92 Å². The Kier molecular flexibility index (Phi) is 4.08. The van der Waals surface area contributed by atoms with Gasteiger partial charge in [0.2, 0.25) is 0 Å². The van der Waals surface area contributed by atoms with Crippen LogP contribution < -0.4 is 5.32 Å². The minimum absolute atomic E-state index is 0.748. The molecule has 0 radical (unpaired) electrons. The number of anilines is 1. The van der Waals surface area contributed by atoms with Gasteiger partial charge >= 0.3 is 0 Å². The van der Waals surface area contributed by atoms with Gasteiger partial charge in [-0.3, -0.25) is 0 Å². The van der Waals surface area contributed by atoms with E-state index in [2.05, 4.69) is 46.4 Å². The van der Waals surface area contributed by atoms with Gasteiger partial charge < -0.3 is 5.32 Å². The first-order valence-corrected chi connectivity index (χ1v) is 6.57. The number of hydrogen-bond acceptors (Lipinski definition) is 1. The van der Waals surface area contributed by atoms with Crippen molar-refractivity contribution >= 4 is 33.2 Å². The molecule has 3 heteroatoms. The standard InChI is InChI=1S/C14H13BrClN/c1-10-5-6-11(14(15)7-10)9-17-13-4-2-3-12(16)8-13/h2-8,17H,9H2,1H3. The molecule has 88 valence electrons. The third-order valence-corrected chi connectivity index (χ3v) is 3.49. The van der Waals surface area contributed by atoms with Crippen LogP contribution in [-0.2, 0) is 6.54 Å². The molecule has 2 aromatic carbocycles. The fraction of sp³-hybridized carbons (Fsp3) is 0.143. The van der Waals surface area contributed by atoms with Gasteiger partial charge in [0.15, 0.2) is 0 Å². The lowest BCUT2D eigenvalue weighted by atomic mass is 10.1. The van der Waals surface area contributed by atoms with E-state index in [-0.39, 0.29) is 0 Å². The summed E-state index contributed by atoms with van der Waals surface area (Å²) in [5, 5.41) is 4.10. The topological polar surface area (TPSA) is 12.0 Å². The molecule has 1 nitrogen and oxygen atoms in total. The highest BCUT2D eigenvalue weighted by molar-refractivity contribution is 9.10. The van der Waals surface area contributed by atoms with Crippen molar-refractivity contribution < 1.29 is 0 Å². The van der Waals surface area contributed by atoms with Gasteiger partial charge in [0.1, 0.15) is 0 Å². The molecule has 2 aromatic rings. The van der Waals surface area contributed by atoms with E-state index in [1.54, 1.807) is 0 Å². The maximum absolute atomic E-state index is 5.93. The maximum atomic E-state index is 5.93. The number of rotatable bonds is 3. The van der Waals surface area contributed by atoms with Crippen molar-refractivity contribution in [1.82, 2.24) is 0 Å². The Hall–Kier alpha value is -0.990. The second kappa shape index (κ2) is 5.56. The van der Waals surface area contributed by atoms with Gasteiger partial charge in [-0.1, -0.05) is 45.7 Å². The molecule has 0 aliphatic heterocycles. The number of hydrogen-bond donors (Lipinski definition) is 1. The lowest BCUT2D eigenvalue weighted by molar-refractivity contribution is 1.13. The Morgan fingerprint density at radius 1 is 1.18 bits per heavy atom. The maximum Gasteiger partial charge on any atom is 0.0426 e. The minimum atomic E-state index is 0.748. The van der Waals surface area contributed by atoms with E-state index < -0.39 is 0 Å². The van der Waals surface area contributed by atoms with Gasteiger partial charge in [-0.05, 0) is 42.3 Å². The van der Waals surface area contributed by atoms with Crippen LogP contribution in [0.2, 0.25) is 5.02 Å². The monoisotopic (exact) mass is 309 g/mol. The fourth-order valence-electron chi connectivity index (χ4n) is 1.59. The Morgan fingerprint density at radius 2 is 2.00 bits per heavy atom. The SMILES string of the molecule is Cc1ccc(CNc2cccc(Cl)c2)c(Br)c1. The molecule has 0 heterocycles. The van der Waals surface area contributed by atoms with E-state index in [1.807, 2.05) is 24.3 Å². The Morgan fingerprint density at radius 3 is 2.71 bits per heavy atom. The summed E-state index contributed by atoms with van der Waals surface area (Å²) in [6.45, 7) is 2.86. The first-order chi connectivity index (χ1) is 8.15. The van der Waals surface area contributed by atoms with E-state index in [0.717, 1.165) is 21.7 Å². The molecule has 0 saturated carbocycles. The predicted molar refractivity (Wildman–Crippen MR) is 77.7 cm³/mol. The summed E-state index contributed by atoms with van der Waals surface area (Å²) in [5.41, 5.74) is 3.52. The van der Waals surface area contributed by atoms with Crippen molar-refractivity contribution in [3.63, 3.8) is 0 Å². The van der Waals surface area contributed by atoms with Crippen molar-refractivity contribution in [2.75, 3.05) is 5.32 Å². The van der Waals surface area contributed by atoms with Gasteiger partial charge in [0.05, 0.1) is 0 Å². The number of nitrogens with one attached hydrogen (secondary N) is 1. The van der Waals surface area contributed by atoms with Gasteiger partial charge in [-0.15, -0.1) is 0 Å². The Balaban J connectivity index is 2.07. The molecule has 1 N–H and O–H groups in total. The van der Waals surface area contributed by atoms with Crippen LogP contribution >= 0.6 is 27.5 Å². The number of halogens is 2. The van der Waals surface area contributed by atoms with Crippen molar-refractivity contribution in [1.29, 1.82) is 0 Å². The zero-order chi connectivity index (χ0) is 12.3. The third-order valence-electron chi connectivity index (χ3n) is 2.52. The zero-order valence-electron chi connectivity index (χ0n) is 9.50. The number of benzene rings is 2. The van der Waals surface area contributed by atoms with Gasteiger partial charge in [0.25, 0.3) is 0 Å². The summed E-state index contributed by atoms with van der Waals surface area (Å²) < 4.78 is 1.13. The molecule has 0 aliphatic rings. The van der Waals surface area contributed by atoms with Crippen molar-refractivity contribution in [3.05, 3.63) is 63.1 Å². The van der Waals surface area contributed by atoms with Gasteiger partial charge in [-0.2, -0.15) is 0 Å². The van der Waals surface area contributed by atoms with E-state index in [4.69, 9.17) is 11.6 Å². The molecular weight excluding hydrogens is 298 g/mol. The first-order valence-electron chi connectivity index (χ1n) is 5.39. The highest BCUT2D eigenvalue weighted by Crippen LogP contribution is 2.21. The minimum Gasteiger partial charge on any atom is -0.381 e. The molecule has 0 aromatic heterocycles. The fourth-order valence-corrected chi connectivity index (χ4v) is 2.42. The molecule has 0 saturated heterocycles. The molecule has 0 unspecified atom stereocenters. The van der Waals surface area contributed by atoms with Gasteiger partial charge in [-0.25, -0.2) is 0 Å². The van der Waals surface area contributed by atoms with Gasteiger partial charge in [0, 0.05) is 21.7 Å². The molecule has 0 amide bonds. The molecule has 0 fully saturated rings. The van der Waals surface area contributed by atoms with E-state index in [9.17, 15) is 0 Å². The summed E-state index contributed by atoms with van der Waals surface area (Å²) in [6.07, 6.45) is 0. The largest absolute Gasteiger partial charge is 0.381 e. The van der Waals surface area contributed by atoms with Crippen LogP contribution in [0.5, 0.6) is 0 Å². The van der Waals surface area contributed by atoms with E-state index in [1.165, 1.54) is 11.1 Å². The first kappa shape index (κ1) is 12.5. The molecule has 2 rings (SSSR count). The molecular formula is C14H13BrClN. The molecule has 0 aliphatic carbocycles. The lowest BCUT2D eigenvalue weighted by Crippen LogP contribution is -2.00.